The van der Waals surface area contributed by atoms with Crippen LogP contribution in [0.1, 0.15) is 102 Å². The van der Waals surface area contributed by atoms with E-state index >= 15 is 0 Å². The Kier molecular flexibility index (Phi) is 8.60. The van der Waals surface area contributed by atoms with E-state index in [4.69, 9.17) is 4.74 Å². The van der Waals surface area contributed by atoms with Crippen LogP contribution in [0, 0.1) is 5.92 Å². The van der Waals surface area contributed by atoms with Crippen molar-refractivity contribution in [1.82, 2.24) is 0 Å². The van der Waals surface area contributed by atoms with Gasteiger partial charge in [-0.05, 0) is 65.7 Å². The summed E-state index contributed by atoms with van der Waals surface area (Å²) >= 11 is 0. The molecule has 1 fully saturated rings. The average Bonchev–Trinajstić information content (AvgIpc) is 2.77. The zero-order valence-corrected chi connectivity index (χ0v) is 20.1. The molecule has 0 aliphatic heterocycles. The molecule has 0 bridgehead atoms. The maximum atomic E-state index is 10.3. The molecule has 170 valence electrons. The van der Waals surface area contributed by atoms with Gasteiger partial charge in [0.15, 0.2) is 0 Å². The van der Waals surface area contributed by atoms with E-state index in [1.54, 1.807) is 0 Å². The zero-order valence-electron chi connectivity index (χ0n) is 20.1. The average molecular weight is 423 g/mol. The van der Waals surface area contributed by atoms with E-state index < -0.39 is 0 Å². The van der Waals surface area contributed by atoms with Crippen molar-refractivity contribution in [2.24, 2.45) is 5.92 Å². The lowest BCUT2D eigenvalue weighted by Crippen LogP contribution is -2.25. The summed E-state index contributed by atoms with van der Waals surface area (Å²) in [6.07, 6.45) is 9.01. The van der Waals surface area contributed by atoms with Gasteiger partial charge in [0.1, 0.15) is 12.4 Å². The van der Waals surface area contributed by atoms with Crippen molar-refractivity contribution in [3.05, 3.63) is 65.2 Å². The Bertz CT molecular complexity index is 796. The fourth-order valence-corrected chi connectivity index (χ4v) is 4.99. The summed E-state index contributed by atoms with van der Waals surface area (Å²) in [6, 6.07) is 17.3. The van der Waals surface area contributed by atoms with Crippen molar-refractivity contribution in [2.75, 3.05) is 0 Å². The molecule has 0 heterocycles. The number of hydrogen-bond acceptors (Lipinski definition) is 2. The second-order valence-corrected chi connectivity index (χ2v) is 10.3. The SMILES string of the molecule is CCCCCCC(C)(C)c1ccc(C2CC(O)CCC2C)c(OCc2ccccc2)c1. The van der Waals surface area contributed by atoms with Crippen molar-refractivity contribution in [3.63, 3.8) is 0 Å². The number of ether oxygens (including phenoxy) is 1. The summed E-state index contributed by atoms with van der Waals surface area (Å²) < 4.78 is 6.46. The van der Waals surface area contributed by atoms with Crippen molar-refractivity contribution in [1.29, 1.82) is 0 Å². The lowest BCUT2D eigenvalue weighted by Gasteiger charge is -2.34. The lowest BCUT2D eigenvalue weighted by atomic mass is 9.73. The van der Waals surface area contributed by atoms with Gasteiger partial charge in [-0.15, -0.1) is 0 Å². The third kappa shape index (κ3) is 6.59. The standard InChI is InChI=1S/C29H42O2/c1-5-6-7-11-18-29(3,4)24-15-17-26(27-20-25(30)16-14-22(27)2)28(19-24)31-21-23-12-9-8-10-13-23/h8-10,12-13,15,17,19,22,25,27,30H,5-7,11,14,16,18,20-21H2,1-4H3. The molecule has 3 unspecified atom stereocenters. The van der Waals surface area contributed by atoms with E-state index in [0.717, 1.165) is 25.0 Å². The highest BCUT2D eigenvalue weighted by atomic mass is 16.5. The smallest absolute Gasteiger partial charge is 0.123 e. The monoisotopic (exact) mass is 422 g/mol. The Morgan fingerprint density at radius 3 is 2.52 bits per heavy atom. The van der Waals surface area contributed by atoms with Gasteiger partial charge in [-0.25, -0.2) is 0 Å². The van der Waals surface area contributed by atoms with E-state index in [-0.39, 0.29) is 11.5 Å². The molecule has 1 N–H and O–H groups in total. The third-order valence-electron chi connectivity index (χ3n) is 7.26. The van der Waals surface area contributed by atoms with Crippen molar-refractivity contribution >= 4 is 0 Å². The zero-order chi connectivity index (χ0) is 22.3. The fourth-order valence-electron chi connectivity index (χ4n) is 4.99. The van der Waals surface area contributed by atoms with Crippen LogP contribution in [0.25, 0.3) is 0 Å². The Balaban J connectivity index is 1.85. The first-order valence-electron chi connectivity index (χ1n) is 12.4. The van der Waals surface area contributed by atoms with Crippen LogP contribution in [0.15, 0.2) is 48.5 Å². The minimum atomic E-state index is -0.196. The summed E-state index contributed by atoms with van der Waals surface area (Å²) in [4.78, 5) is 0. The molecular formula is C29H42O2. The van der Waals surface area contributed by atoms with E-state index in [9.17, 15) is 5.11 Å². The molecule has 31 heavy (non-hydrogen) atoms. The van der Waals surface area contributed by atoms with Gasteiger partial charge in [0.25, 0.3) is 0 Å². The van der Waals surface area contributed by atoms with Gasteiger partial charge in [-0.3, -0.25) is 0 Å². The largest absolute Gasteiger partial charge is 0.489 e. The molecule has 0 spiro atoms. The Morgan fingerprint density at radius 2 is 1.77 bits per heavy atom. The molecule has 0 aromatic heterocycles. The molecule has 3 atom stereocenters. The van der Waals surface area contributed by atoms with Gasteiger partial charge in [-0.1, -0.05) is 95.8 Å². The van der Waals surface area contributed by atoms with Crippen LogP contribution in [0.3, 0.4) is 0 Å². The predicted molar refractivity (Wildman–Crippen MR) is 131 cm³/mol. The van der Waals surface area contributed by atoms with Crippen molar-refractivity contribution < 1.29 is 9.84 Å². The van der Waals surface area contributed by atoms with Crippen LogP contribution in [-0.4, -0.2) is 11.2 Å². The van der Waals surface area contributed by atoms with E-state index in [2.05, 4.69) is 70.2 Å². The summed E-state index contributed by atoms with van der Waals surface area (Å²) in [5.74, 6) is 1.93. The van der Waals surface area contributed by atoms with Crippen molar-refractivity contribution in [3.8, 4) is 5.75 Å². The summed E-state index contributed by atoms with van der Waals surface area (Å²) in [7, 11) is 0. The molecule has 2 aromatic carbocycles. The number of aliphatic hydroxyl groups excluding tert-OH is 1. The molecule has 2 heteroatoms. The van der Waals surface area contributed by atoms with Crippen LogP contribution in [0.4, 0.5) is 0 Å². The molecule has 0 radical (unpaired) electrons. The summed E-state index contributed by atoms with van der Waals surface area (Å²) in [5.41, 5.74) is 3.95. The number of rotatable bonds is 10. The Morgan fingerprint density at radius 1 is 1.00 bits per heavy atom. The molecular weight excluding hydrogens is 380 g/mol. The Labute approximate surface area is 190 Å². The first-order valence-corrected chi connectivity index (χ1v) is 12.4. The highest BCUT2D eigenvalue weighted by Gasteiger charge is 2.31. The second kappa shape index (κ2) is 11.2. The van der Waals surface area contributed by atoms with Crippen LogP contribution in [0.2, 0.25) is 0 Å². The lowest BCUT2D eigenvalue weighted by molar-refractivity contribution is 0.0971. The molecule has 1 aliphatic carbocycles. The second-order valence-electron chi connectivity index (χ2n) is 10.3. The van der Waals surface area contributed by atoms with Gasteiger partial charge in [0.2, 0.25) is 0 Å². The Hall–Kier alpha value is -1.80. The maximum Gasteiger partial charge on any atom is 0.123 e. The van der Waals surface area contributed by atoms with Gasteiger partial charge < -0.3 is 9.84 Å². The summed E-state index contributed by atoms with van der Waals surface area (Å²) in [6.45, 7) is 9.90. The highest BCUT2D eigenvalue weighted by Crippen LogP contribution is 2.43. The minimum Gasteiger partial charge on any atom is -0.489 e. The van der Waals surface area contributed by atoms with E-state index in [1.165, 1.54) is 48.8 Å². The molecule has 2 aromatic rings. The maximum absolute atomic E-state index is 10.3. The quantitative estimate of drug-likeness (QED) is 0.396. The fraction of sp³-hybridized carbons (Fsp3) is 0.586. The molecule has 0 amide bonds. The topological polar surface area (TPSA) is 29.5 Å². The first kappa shape index (κ1) is 23.9. The number of unbranched alkanes of at least 4 members (excludes halogenated alkanes) is 3. The summed E-state index contributed by atoms with van der Waals surface area (Å²) in [5, 5.41) is 10.3. The van der Waals surface area contributed by atoms with E-state index in [0.29, 0.717) is 18.4 Å². The van der Waals surface area contributed by atoms with Gasteiger partial charge >= 0.3 is 0 Å². The molecule has 0 saturated heterocycles. The van der Waals surface area contributed by atoms with E-state index in [1.807, 2.05) is 6.07 Å². The third-order valence-corrected chi connectivity index (χ3v) is 7.26. The predicted octanol–water partition coefficient (Wildman–Crippen LogP) is 7.78. The molecule has 3 rings (SSSR count). The van der Waals surface area contributed by atoms with Gasteiger partial charge in [0, 0.05) is 0 Å². The molecule has 1 saturated carbocycles. The highest BCUT2D eigenvalue weighted by molar-refractivity contribution is 5.43. The van der Waals surface area contributed by atoms with Crippen LogP contribution >= 0.6 is 0 Å². The normalized spacial score (nSPS) is 21.8. The van der Waals surface area contributed by atoms with Crippen LogP contribution < -0.4 is 4.74 Å². The molecule has 1 aliphatic rings. The van der Waals surface area contributed by atoms with Crippen LogP contribution in [0.5, 0.6) is 5.75 Å². The molecule has 2 nitrogen and oxygen atoms in total. The minimum absolute atomic E-state index is 0.134. The van der Waals surface area contributed by atoms with Crippen LogP contribution in [-0.2, 0) is 12.0 Å². The number of aliphatic hydroxyl groups is 1. The van der Waals surface area contributed by atoms with Crippen molar-refractivity contribution in [2.45, 2.75) is 103 Å². The number of hydrogen-bond donors (Lipinski definition) is 1. The number of benzene rings is 2. The van der Waals surface area contributed by atoms with Gasteiger partial charge in [-0.2, -0.15) is 0 Å². The first-order chi connectivity index (χ1) is 14.9. The van der Waals surface area contributed by atoms with Gasteiger partial charge in [0.05, 0.1) is 6.10 Å².